The number of hydrogen-bond acceptors (Lipinski definition) is 5. The first kappa shape index (κ1) is 34.1. The summed E-state index contributed by atoms with van der Waals surface area (Å²) in [5.74, 6) is -1.17. The summed E-state index contributed by atoms with van der Waals surface area (Å²) >= 11 is 0. The fraction of sp³-hybridized carbons (Fsp3) is 0.688. The van der Waals surface area contributed by atoms with Gasteiger partial charge in [0, 0.05) is 12.1 Å². The van der Waals surface area contributed by atoms with Crippen LogP contribution in [0.2, 0.25) is 0 Å². The Kier molecular flexibility index (Phi) is 12.7. The maximum Gasteiger partial charge on any atom is 0.408 e. The Morgan fingerprint density at radius 3 is 2.10 bits per heavy atom. The van der Waals surface area contributed by atoms with Crippen LogP contribution in [0.3, 0.4) is 0 Å². The first-order valence-electron chi connectivity index (χ1n) is 15.1. The number of ether oxygens (including phenoxy) is 1. The van der Waals surface area contributed by atoms with Gasteiger partial charge in [0.1, 0.15) is 17.7 Å². The van der Waals surface area contributed by atoms with E-state index in [0.29, 0.717) is 12.3 Å². The highest BCUT2D eigenvalue weighted by Gasteiger charge is 2.41. The number of aryl methyl sites for hydroxylation is 2. The zero-order valence-corrected chi connectivity index (χ0v) is 26.3. The van der Waals surface area contributed by atoms with Crippen molar-refractivity contribution in [2.45, 2.75) is 137 Å². The van der Waals surface area contributed by atoms with E-state index >= 15 is 0 Å². The molecule has 1 aliphatic carbocycles. The van der Waals surface area contributed by atoms with Crippen LogP contribution in [0, 0.1) is 19.8 Å². The molecule has 4 amide bonds. The lowest BCUT2D eigenvalue weighted by molar-refractivity contribution is -0.146. The van der Waals surface area contributed by atoms with E-state index in [4.69, 9.17) is 10.5 Å². The molecule has 0 aliphatic heterocycles. The number of alkyl carbamates (subject to hydrolysis) is 1. The van der Waals surface area contributed by atoms with Crippen molar-refractivity contribution in [3.63, 3.8) is 0 Å². The number of hydrogen-bond donors (Lipinski definition) is 3. The van der Waals surface area contributed by atoms with Gasteiger partial charge in [-0.15, -0.1) is 0 Å². The molecule has 0 spiro atoms. The largest absolute Gasteiger partial charge is 0.444 e. The number of rotatable bonds is 12. The van der Waals surface area contributed by atoms with Crippen LogP contribution in [0.25, 0.3) is 0 Å². The highest BCUT2D eigenvalue weighted by atomic mass is 16.6. The van der Waals surface area contributed by atoms with Crippen molar-refractivity contribution in [3.05, 3.63) is 34.9 Å². The molecule has 4 N–H and O–H groups in total. The molecule has 1 aromatic rings. The maximum absolute atomic E-state index is 14.5. The van der Waals surface area contributed by atoms with E-state index in [1.807, 2.05) is 39.0 Å². The lowest BCUT2D eigenvalue weighted by Gasteiger charge is -2.40. The maximum atomic E-state index is 14.5. The molecule has 0 bridgehead atoms. The zero-order chi connectivity index (χ0) is 30.9. The second-order valence-corrected chi connectivity index (χ2v) is 13.0. The molecular formula is C32H52N4O5. The van der Waals surface area contributed by atoms with Crippen LogP contribution < -0.4 is 16.4 Å². The molecule has 9 nitrogen and oxygen atoms in total. The van der Waals surface area contributed by atoms with E-state index in [0.717, 1.165) is 55.2 Å². The minimum Gasteiger partial charge on any atom is -0.444 e. The average Bonchev–Trinajstić information content (AvgIpc) is 2.85. The molecule has 0 radical (unpaired) electrons. The van der Waals surface area contributed by atoms with Crippen LogP contribution in [-0.2, 0) is 19.1 Å². The van der Waals surface area contributed by atoms with Crippen LogP contribution in [0.1, 0.15) is 116 Å². The molecule has 1 aliphatic rings. The molecular weight excluding hydrogens is 520 g/mol. The third-order valence-electron chi connectivity index (χ3n) is 7.58. The molecule has 0 aromatic heterocycles. The molecule has 2 rings (SSSR count). The first-order chi connectivity index (χ1) is 19.1. The van der Waals surface area contributed by atoms with Gasteiger partial charge in [0.25, 0.3) is 0 Å². The van der Waals surface area contributed by atoms with Gasteiger partial charge in [-0.1, -0.05) is 51.3 Å². The Bertz CT molecular complexity index is 1040. The van der Waals surface area contributed by atoms with Crippen LogP contribution in [-0.4, -0.2) is 52.4 Å². The van der Waals surface area contributed by atoms with Crippen molar-refractivity contribution in [2.24, 2.45) is 11.7 Å². The SMILES string of the molecule is Cc1cccc(C)c1C(C(=O)NC1CCCCC1)N(C(=O)C(CC(N)=O)NC(=O)OC(C)(C)C)C(C)CCC(C)C. The Morgan fingerprint density at radius 2 is 1.59 bits per heavy atom. The van der Waals surface area contributed by atoms with Gasteiger partial charge >= 0.3 is 6.09 Å². The molecule has 1 fully saturated rings. The number of primary amides is 1. The summed E-state index contributed by atoms with van der Waals surface area (Å²) in [6.45, 7) is 15.1. The minimum atomic E-state index is -1.29. The second kappa shape index (κ2) is 15.2. The van der Waals surface area contributed by atoms with Crippen molar-refractivity contribution in [3.8, 4) is 0 Å². The van der Waals surface area contributed by atoms with E-state index in [9.17, 15) is 19.2 Å². The number of benzene rings is 1. The molecule has 3 unspecified atom stereocenters. The first-order valence-corrected chi connectivity index (χ1v) is 15.1. The summed E-state index contributed by atoms with van der Waals surface area (Å²) in [5.41, 5.74) is 7.25. The summed E-state index contributed by atoms with van der Waals surface area (Å²) in [4.78, 5) is 55.2. The second-order valence-electron chi connectivity index (χ2n) is 13.0. The van der Waals surface area contributed by atoms with E-state index < -0.39 is 42.0 Å². The summed E-state index contributed by atoms with van der Waals surface area (Å²) in [7, 11) is 0. The molecule has 0 saturated heterocycles. The van der Waals surface area contributed by atoms with Crippen molar-refractivity contribution in [1.82, 2.24) is 15.5 Å². The third-order valence-corrected chi connectivity index (χ3v) is 7.58. The van der Waals surface area contributed by atoms with Gasteiger partial charge in [0.15, 0.2) is 0 Å². The normalized spacial score (nSPS) is 16.4. The van der Waals surface area contributed by atoms with Crippen molar-refractivity contribution >= 4 is 23.8 Å². The predicted molar refractivity (Wildman–Crippen MR) is 161 cm³/mol. The van der Waals surface area contributed by atoms with Gasteiger partial charge in [0.2, 0.25) is 17.7 Å². The highest BCUT2D eigenvalue weighted by Crippen LogP contribution is 2.32. The van der Waals surface area contributed by atoms with E-state index in [1.54, 1.807) is 25.7 Å². The molecule has 0 heterocycles. The number of carbonyl (C=O) groups excluding carboxylic acids is 4. The van der Waals surface area contributed by atoms with Gasteiger partial charge in [-0.05, 0) is 89.8 Å². The number of nitrogens with two attached hydrogens (primary N) is 1. The van der Waals surface area contributed by atoms with Crippen molar-refractivity contribution in [2.75, 3.05) is 0 Å². The molecule has 230 valence electrons. The summed E-state index contributed by atoms with van der Waals surface area (Å²) in [6.07, 6.45) is 5.25. The van der Waals surface area contributed by atoms with E-state index in [1.165, 1.54) is 0 Å². The number of nitrogens with zero attached hydrogens (tertiary/aromatic N) is 1. The minimum absolute atomic E-state index is 0.0345. The quantitative estimate of drug-likeness (QED) is 0.316. The average molecular weight is 573 g/mol. The standard InChI is InChI=1S/C32H52N4O5/c1-20(2)17-18-23(5)36(30(39)25(19-26(33)37)35-31(40)41-32(6,7)8)28(27-21(3)13-12-14-22(27)4)29(38)34-24-15-10-9-11-16-24/h12-14,20,23-25,28H,9-11,15-19H2,1-8H3,(H2,33,37)(H,34,38)(H,35,40). The molecule has 1 saturated carbocycles. The monoisotopic (exact) mass is 572 g/mol. The summed E-state index contributed by atoms with van der Waals surface area (Å²) in [6, 6.07) is 3.21. The number of amides is 4. The molecule has 3 atom stereocenters. The Balaban J connectivity index is 2.63. The van der Waals surface area contributed by atoms with Gasteiger partial charge in [0.05, 0.1) is 6.42 Å². The van der Waals surface area contributed by atoms with Crippen LogP contribution in [0.15, 0.2) is 18.2 Å². The fourth-order valence-corrected chi connectivity index (χ4v) is 5.53. The predicted octanol–water partition coefficient (Wildman–Crippen LogP) is 5.22. The zero-order valence-electron chi connectivity index (χ0n) is 26.3. The summed E-state index contributed by atoms with van der Waals surface area (Å²) < 4.78 is 5.40. The molecule has 1 aromatic carbocycles. The van der Waals surface area contributed by atoms with Crippen LogP contribution in [0.4, 0.5) is 4.79 Å². The van der Waals surface area contributed by atoms with Crippen LogP contribution in [0.5, 0.6) is 0 Å². The van der Waals surface area contributed by atoms with Gasteiger partial charge in [-0.2, -0.15) is 0 Å². The Hall–Kier alpha value is -3.10. The van der Waals surface area contributed by atoms with Crippen molar-refractivity contribution in [1.29, 1.82) is 0 Å². The van der Waals surface area contributed by atoms with Gasteiger partial charge in [-0.3, -0.25) is 14.4 Å². The van der Waals surface area contributed by atoms with E-state index in [2.05, 4.69) is 24.5 Å². The fourth-order valence-electron chi connectivity index (χ4n) is 5.53. The Labute approximate surface area is 246 Å². The van der Waals surface area contributed by atoms with Crippen molar-refractivity contribution < 1.29 is 23.9 Å². The smallest absolute Gasteiger partial charge is 0.408 e. The van der Waals surface area contributed by atoms with Crippen LogP contribution >= 0.6 is 0 Å². The van der Waals surface area contributed by atoms with Gasteiger partial charge in [-0.25, -0.2) is 4.79 Å². The Morgan fingerprint density at radius 1 is 1.00 bits per heavy atom. The lowest BCUT2D eigenvalue weighted by atomic mass is 9.90. The third kappa shape index (κ3) is 10.7. The molecule has 9 heteroatoms. The highest BCUT2D eigenvalue weighted by molar-refractivity contribution is 5.95. The number of nitrogens with one attached hydrogen (secondary N) is 2. The molecule has 41 heavy (non-hydrogen) atoms. The van der Waals surface area contributed by atoms with Gasteiger partial charge < -0.3 is 26.0 Å². The lowest BCUT2D eigenvalue weighted by Crippen LogP contribution is -2.57. The topological polar surface area (TPSA) is 131 Å². The summed E-state index contributed by atoms with van der Waals surface area (Å²) in [5, 5.41) is 5.82. The number of carbonyl (C=O) groups is 4. The van der Waals surface area contributed by atoms with E-state index in [-0.39, 0.29) is 18.0 Å².